The molecule has 2 aromatic rings. The fraction of sp³-hybridized carbons (Fsp3) is 0.278. The van der Waals surface area contributed by atoms with Gasteiger partial charge in [-0.1, -0.05) is 35.9 Å². The summed E-state index contributed by atoms with van der Waals surface area (Å²) in [7, 11) is 0. The van der Waals surface area contributed by atoms with Gasteiger partial charge in [0.2, 0.25) is 5.91 Å². The van der Waals surface area contributed by atoms with Crippen molar-refractivity contribution in [2.45, 2.75) is 32.1 Å². The van der Waals surface area contributed by atoms with Crippen molar-refractivity contribution in [3.05, 3.63) is 64.2 Å². The maximum atomic E-state index is 12.7. The molecule has 0 heterocycles. The van der Waals surface area contributed by atoms with E-state index in [4.69, 9.17) is 11.6 Å². The first-order valence-electron chi connectivity index (χ1n) is 7.17. The first-order chi connectivity index (χ1) is 10.0. The molecule has 108 valence electrons. The third-order valence-electron chi connectivity index (χ3n) is 4.34. The fourth-order valence-corrected chi connectivity index (χ4v) is 2.98. The summed E-state index contributed by atoms with van der Waals surface area (Å²) >= 11 is 6.26. The van der Waals surface area contributed by atoms with Gasteiger partial charge in [0.05, 0.1) is 5.41 Å². The number of hydrogen-bond donors (Lipinski definition) is 1. The molecule has 0 spiro atoms. The van der Waals surface area contributed by atoms with Gasteiger partial charge in [0.1, 0.15) is 0 Å². The van der Waals surface area contributed by atoms with Crippen LogP contribution in [0.2, 0.25) is 5.02 Å². The van der Waals surface area contributed by atoms with Gasteiger partial charge in [-0.05, 0) is 61.6 Å². The van der Waals surface area contributed by atoms with Crippen LogP contribution >= 0.6 is 11.6 Å². The van der Waals surface area contributed by atoms with Crippen molar-refractivity contribution in [2.75, 3.05) is 5.32 Å². The van der Waals surface area contributed by atoms with E-state index in [1.165, 1.54) is 11.1 Å². The maximum Gasteiger partial charge on any atom is 0.235 e. The van der Waals surface area contributed by atoms with Gasteiger partial charge < -0.3 is 5.32 Å². The molecule has 0 saturated heterocycles. The fourth-order valence-electron chi connectivity index (χ4n) is 2.66. The third-order valence-corrected chi connectivity index (χ3v) is 4.67. The van der Waals surface area contributed by atoms with Gasteiger partial charge in [0.15, 0.2) is 0 Å². The molecule has 0 aromatic heterocycles. The Hall–Kier alpha value is -1.80. The van der Waals surface area contributed by atoms with Crippen molar-refractivity contribution in [3.8, 4) is 0 Å². The van der Waals surface area contributed by atoms with Gasteiger partial charge in [-0.3, -0.25) is 4.79 Å². The lowest BCUT2D eigenvalue weighted by molar-refractivity contribution is -0.118. The predicted molar refractivity (Wildman–Crippen MR) is 86.9 cm³/mol. The molecule has 1 fully saturated rings. The monoisotopic (exact) mass is 299 g/mol. The van der Waals surface area contributed by atoms with Gasteiger partial charge in [-0.2, -0.15) is 0 Å². The SMILES string of the molecule is Cc1ccc(NC(=O)C2(c3ccccc3Cl)CC2)cc1C. The van der Waals surface area contributed by atoms with Crippen molar-refractivity contribution >= 4 is 23.2 Å². The summed E-state index contributed by atoms with van der Waals surface area (Å²) < 4.78 is 0. The molecule has 21 heavy (non-hydrogen) atoms. The number of aryl methyl sites for hydroxylation is 2. The van der Waals surface area contributed by atoms with E-state index in [0.29, 0.717) is 5.02 Å². The van der Waals surface area contributed by atoms with E-state index < -0.39 is 5.41 Å². The number of benzene rings is 2. The van der Waals surface area contributed by atoms with Gasteiger partial charge in [-0.25, -0.2) is 0 Å². The molecule has 0 bridgehead atoms. The second kappa shape index (κ2) is 5.19. The molecule has 0 aliphatic heterocycles. The summed E-state index contributed by atoms with van der Waals surface area (Å²) in [6.45, 7) is 4.11. The number of nitrogens with one attached hydrogen (secondary N) is 1. The zero-order chi connectivity index (χ0) is 15.0. The Morgan fingerprint density at radius 3 is 2.43 bits per heavy atom. The second-order valence-corrected chi connectivity index (χ2v) is 6.22. The summed E-state index contributed by atoms with van der Waals surface area (Å²) in [5.74, 6) is 0.0406. The average Bonchev–Trinajstić information content (AvgIpc) is 3.25. The smallest absolute Gasteiger partial charge is 0.235 e. The topological polar surface area (TPSA) is 29.1 Å². The van der Waals surface area contributed by atoms with E-state index in [0.717, 1.165) is 24.1 Å². The van der Waals surface area contributed by atoms with Crippen molar-refractivity contribution in [1.29, 1.82) is 0 Å². The van der Waals surface area contributed by atoms with Crippen LogP contribution in [0.4, 0.5) is 5.69 Å². The van der Waals surface area contributed by atoms with Crippen LogP contribution < -0.4 is 5.32 Å². The average molecular weight is 300 g/mol. The Kier molecular flexibility index (Phi) is 3.50. The standard InChI is InChI=1S/C18H18ClNO/c1-12-7-8-14(11-13(12)2)20-17(21)18(9-10-18)15-5-3-4-6-16(15)19/h3-8,11H,9-10H2,1-2H3,(H,20,21). The van der Waals surface area contributed by atoms with Crippen LogP contribution in [0.3, 0.4) is 0 Å². The molecular weight excluding hydrogens is 282 g/mol. The molecule has 1 N–H and O–H groups in total. The molecule has 2 nitrogen and oxygen atoms in total. The number of rotatable bonds is 3. The van der Waals surface area contributed by atoms with Gasteiger partial charge in [-0.15, -0.1) is 0 Å². The van der Waals surface area contributed by atoms with Crippen LogP contribution in [-0.4, -0.2) is 5.91 Å². The number of amides is 1. The zero-order valence-corrected chi connectivity index (χ0v) is 13.0. The summed E-state index contributed by atoms with van der Waals surface area (Å²) in [6.07, 6.45) is 1.71. The van der Waals surface area contributed by atoms with E-state index in [-0.39, 0.29) is 5.91 Å². The third kappa shape index (κ3) is 2.56. The lowest BCUT2D eigenvalue weighted by Gasteiger charge is -2.17. The highest BCUT2D eigenvalue weighted by molar-refractivity contribution is 6.32. The van der Waals surface area contributed by atoms with Crippen molar-refractivity contribution in [3.63, 3.8) is 0 Å². The van der Waals surface area contributed by atoms with Gasteiger partial charge >= 0.3 is 0 Å². The molecule has 2 aromatic carbocycles. The molecule has 0 unspecified atom stereocenters. The molecule has 0 radical (unpaired) electrons. The predicted octanol–water partition coefficient (Wildman–Crippen LogP) is 4.63. The lowest BCUT2D eigenvalue weighted by Crippen LogP contribution is -2.28. The number of anilines is 1. The Morgan fingerprint density at radius 1 is 1.10 bits per heavy atom. The van der Waals surface area contributed by atoms with Gasteiger partial charge in [0.25, 0.3) is 0 Å². The molecule has 0 atom stereocenters. The van der Waals surface area contributed by atoms with E-state index in [1.54, 1.807) is 0 Å². The lowest BCUT2D eigenvalue weighted by atomic mass is 9.94. The van der Waals surface area contributed by atoms with Crippen molar-refractivity contribution in [1.82, 2.24) is 0 Å². The zero-order valence-electron chi connectivity index (χ0n) is 12.2. The Bertz CT molecular complexity index is 704. The van der Waals surface area contributed by atoms with Crippen LogP contribution in [0.5, 0.6) is 0 Å². The maximum absolute atomic E-state index is 12.7. The van der Waals surface area contributed by atoms with Crippen LogP contribution in [-0.2, 0) is 10.2 Å². The molecule has 1 aliphatic rings. The van der Waals surface area contributed by atoms with E-state index >= 15 is 0 Å². The van der Waals surface area contributed by atoms with E-state index in [2.05, 4.69) is 12.2 Å². The Balaban J connectivity index is 1.85. The molecule has 1 aliphatic carbocycles. The molecular formula is C18H18ClNO. The van der Waals surface area contributed by atoms with E-state index in [1.807, 2.05) is 49.4 Å². The number of hydrogen-bond acceptors (Lipinski definition) is 1. The molecule has 3 rings (SSSR count). The number of halogens is 1. The van der Waals surface area contributed by atoms with Crippen molar-refractivity contribution in [2.24, 2.45) is 0 Å². The van der Waals surface area contributed by atoms with Crippen LogP contribution in [0, 0.1) is 13.8 Å². The number of carbonyl (C=O) groups excluding carboxylic acids is 1. The number of carbonyl (C=O) groups is 1. The van der Waals surface area contributed by atoms with Crippen LogP contribution in [0.25, 0.3) is 0 Å². The first kappa shape index (κ1) is 14.2. The largest absolute Gasteiger partial charge is 0.325 e. The molecule has 1 amide bonds. The molecule has 3 heteroatoms. The summed E-state index contributed by atoms with van der Waals surface area (Å²) in [5.41, 5.74) is 3.74. The highest BCUT2D eigenvalue weighted by Crippen LogP contribution is 2.51. The minimum atomic E-state index is -0.447. The highest BCUT2D eigenvalue weighted by atomic mass is 35.5. The summed E-state index contributed by atoms with van der Waals surface area (Å²) in [5, 5.41) is 3.71. The van der Waals surface area contributed by atoms with Crippen LogP contribution in [0.15, 0.2) is 42.5 Å². The highest BCUT2D eigenvalue weighted by Gasteiger charge is 2.52. The quantitative estimate of drug-likeness (QED) is 0.880. The van der Waals surface area contributed by atoms with Crippen molar-refractivity contribution < 1.29 is 4.79 Å². The first-order valence-corrected chi connectivity index (χ1v) is 7.54. The summed E-state index contributed by atoms with van der Waals surface area (Å²) in [4.78, 5) is 12.7. The Morgan fingerprint density at radius 2 is 1.81 bits per heavy atom. The van der Waals surface area contributed by atoms with E-state index in [9.17, 15) is 4.79 Å². The minimum absolute atomic E-state index is 0.0406. The van der Waals surface area contributed by atoms with Crippen LogP contribution in [0.1, 0.15) is 29.5 Å². The minimum Gasteiger partial charge on any atom is -0.325 e. The summed E-state index contributed by atoms with van der Waals surface area (Å²) in [6, 6.07) is 13.6. The Labute approximate surface area is 130 Å². The normalized spacial score (nSPS) is 15.6. The van der Waals surface area contributed by atoms with Gasteiger partial charge in [0, 0.05) is 10.7 Å². The second-order valence-electron chi connectivity index (χ2n) is 5.82. The molecule has 1 saturated carbocycles.